The minimum atomic E-state index is -0.350. The molecule has 1 fully saturated rings. The Hall–Kier alpha value is -0.610. The monoisotopic (exact) mass is 404 g/mol. The summed E-state index contributed by atoms with van der Waals surface area (Å²) < 4.78 is 1.75. The molecular formula is C12H10BrIN2O. The number of carbonyl (C=O) groups excluding carboxylic acids is 1. The van der Waals surface area contributed by atoms with E-state index in [1.165, 1.54) is 0 Å². The molecule has 0 saturated heterocycles. The normalized spacial score (nSPS) is 16.1. The lowest BCUT2D eigenvalue weighted by atomic mass is 10.1. The molecule has 2 rings (SSSR count). The van der Waals surface area contributed by atoms with Gasteiger partial charge in [0.25, 0.3) is 5.91 Å². The van der Waals surface area contributed by atoms with E-state index in [1.807, 2.05) is 12.1 Å². The predicted octanol–water partition coefficient (Wildman–Crippen LogP) is 3.09. The molecule has 0 aromatic heterocycles. The van der Waals surface area contributed by atoms with Gasteiger partial charge in [0.2, 0.25) is 0 Å². The van der Waals surface area contributed by atoms with Crippen molar-refractivity contribution in [3.05, 3.63) is 31.8 Å². The van der Waals surface area contributed by atoms with E-state index in [0.717, 1.165) is 20.9 Å². The fourth-order valence-corrected chi connectivity index (χ4v) is 2.52. The van der Waals surface area contributed by atoms with Gasteiger partial charge >= 0.3 is 0 Å². The highest BCUT2D eigenvalue weighted by molar-refractivity contribution is 14.1. The number of nitriles is 1. The molecule has 1 aliphatic carbocycles. The van der Waals surface area contributed by atoms with Crippen LogP contribution in [0.1, 0.15) is 23.2 Å². The Labute approximate surface area is 122 Å². The van der Waals surface area contributed by atoms with Crippen LogP contribution in [0.3, 0.4) is 0 Å². The minimum Gasteiger partial charge on any atom is -0.336 e. The Balaban J connectivity index is 2.13. The molecule has 1 amide bonds. The van der Waals surface area contributed by atoms with Crippen LogP contribution < -0.4 is 5.32 Å². The number of hydrogen-bond donors (Lipinski definition) is 1. The van der Waals surface area contributed by atoms with Gasteiger partial charge < -0.3 is 5.32 Å². The first-order chi connectivity index (χ1) is 8.11. The second-order valence-corrected chi connectivity index (χ2v) is 6.12. The summed E-state index contributed by atoms with van der Waals surface area (Å²) in [6.07, 6.45) is 2.07. The second-order valence-electron chi connectivity index (χ2n) is 4.04. The van der Waals surface area contributed by atoms with Crippen molar-refractivity contribution < 1.29 is 4.79 Å². The lowest BCUT2D eigenvalue weighted by molar-refractivity contribution is 0.0941. The van der Waals surface area contributed by atoms with Crippen LogP contribution in [0.15, 0.2) is 22.7 Å². The summed E-state index contributed by atoms with van der Waals surface area (Å²) in [6.45, 7) is 0. The lowest BCUT2D eigenvalue weighted by Gasteiger charge is -2.11. The molecule has 1 aromatic rings. The van der Waals surface area contributed by atoms with E-state index in [0.29, 0.717) is 11.5 Å². The number of rotatable bonds is 3. The molecule has 1 N–H and O–H groups in total. The van der Waals surface area contributed by atoms with E-state index in [9.17, 15) is 4.79 Å². The summed E-state index contributed by atoms with van der Waals surface area (Å²) in [5.74, 6) is 0.169. The van der Waals surface area contributed by atoms with Crippen molar-refractivity contribution in [2.24, 2.45) is 5.92 Å². The van der Waals surface area contributed by atoms with Gasteiger partial charge in [0, 0.05) is 8.04 Å². The largest absolute Gasteiger partial charge is 0.336 e. The number of nitrogens with one attached hydrogen (secondary N) is 1. The summed E-state index contributed by atoms with van der Waals surface area (Å²) in [6, 6.07) is 7.34. The fourth-order valence-electron chi connectivity index (χ4n) is 1.58. The molecule has 88 valence electrons. The minimum absolute atomic E-state index is 0.172. The summed E-state index contributed by atoms with van der Waals surface area (Å²) in [5, 5.41) is 11.8. The number of halogens is 2. The zero-order valence-electron chi connectivity index (χ0n) is 8.91. The van der Waals surface area contributed by atoms with Gasteiger partial charge in [-0.15, -0.1) is 0 Å². The molecule has 0 spiro atoms. The van der Waals surface area contributed by atoms with E-state index < -0.39 is 0 Å². The molecule has 0 heterocycles. The Morgan fingerprint density at radius 1 is 1.59 bits per heavy atom. The SMILES string of the molecule is N#CC(NC(=O)c1cc(Br)ccc1I)C1CC1. The van der Waals surface area contributed by atoms with Gasteiger partial charge in [0.05, 0.1) is 11.6 Å². The summed E-state index contributed by atoms with van der Waals surface area (Å²) in [4.78, 5) is 12.0. The van der Waals surface area contributed by atoms with Crippen LogP contribution >= 0.6 is 38.5 Å². The Morgan fingerprint density at radius 3 is 2.88 bits per heavy atom. The molecule has 0 bridgehead atoms. The summed E-state index contributed by atoms with van der Waals surface area (Å²) in [7, 11) is 0. The van der Waals surface area contributed by atoms with Crippen molar-refractivity contribution in [1.82, 2.24) is 5.32 Å². The standard InChI is InChI=1S/C12H10BrIN2O/c13-8-3-4-10(14)9(5-8)12(17)16-11(6-15)7-1-2-7/h3-5,7,11H,1-2H2,(H,16,17). The average molecular weight is 405 g/mol. The molecule has 1 aliphatic rings. The molecule has 0 radical (unpaired) electrons. The quantitative estimate of drug-likeness (QED) is 0.787. The van der Waals surface area contributed by atoms with Gasteiger partial charge in [0.15, 0.2) is 0 Å². The van der Waals surface area contributed by atoms with E-state index in [1.54, 1.807) is 6.07 Å². The van der Waals surface area contributed by atoms with Crippen molar-refractivity contribution in [3.8, 4) is 6.07 Å². The first-order valence-electron chi connectivity index (χ1n) is 5.27. The molecule has 1 atom stereocenters. The third-order valence-electron chi connectivity index (χ3n) is 2.69. The summed E-state index contributed by atoms with van der Waals surface area (Å²) >= 11 is 5.46. The highest BCUT2D eigenvalue weighted by atomic mass is 127. The van der Waals surface area contributed by atoms with Gasteiger partial charge in [0.1, 0.15) is 6.04 Å². The van der Waals surface area contributed by atoms with E-state index >= 15 is 0 Å². The molecule has 5 heteroatoms. The third-order valence-corrected chi connectivity index (χ3v) is 4.13. The number of hydrogen-bond acceptors (Lipinski definition) is 2. The highest BCUT2D eigenvalue weighted by Gasteiger charge is 2.32. The lowest BCUT2D eigenvalue weighted by Crippen LogP contribution is -2.35. The van der Waals surface area contributed by atoms with Crippen LogP contribution in [-0.4, -0.2) is 11.9 Å². The van der Waals surface area contributed by atoms with Crippen LogP contribution in [0.5, 0.6) is 0 Å². The van der Waals surface area contributed by atoms with Crippen LogP contribution in [0, 0.1) is 20.8 Å². The number of amides is 1. The molecule has 3 nitrogen and oxygen atoms in total. The van der Waals surface area contributed by atoms with Gasteiger partial charge in [-0.1, -0.05) is 15.9 Å². The first kappa shape index (κ1) is 12.8. The smallest absolute Gasteiger partial charge is 0.253 e. The van der Waals surface area contributed by atoms with Gasteiger partial charge in [-0.2, -0.15) is 5.26 Å². The highest BCUT2D eigenvalue weighted by Crippen LogP contribution is 2.32. The number of carbonyl (C=O) groups is 1. The van der Waals surface area contributed by atoms with Crippen molar-refractivity contribution >= 4 is 44.4 Å². The van der Waals surface area contributed by atoms with E-state index in [-0.39, 0.29) is 11.9 Å². The first-order valence-corrected chi connectivity index (χ1v) is 7.14. The van der Waals surface area contributed by atoms with Crippen LogP contribution in [0.25, 0.3) is 0 Å². The molecular weight excluding hydrogens is 395 g/mol. The maximum Gasteiger partial charge on any atom is 0.253 e. The topological polar surface area (TPSA) is 52.9 Å². The molecule has 1 aromatic carbocycles. The number of benzene rings is 1. The fraction of sp³-hybridized carbons (Fsp3) is 0.333. The predicted molar refractivity (Wildman–Crippen MR) is 76.5 cm³/mol. The Morgan fingerprint density at radius 2 is 2.29 bits per heavy atom. The maximum atomic E-state index is 12.0. The zero-order chi connectivity index (χ0) is 12.4. The van der Waals surface area contributed by atoms with Crippen molar-refractivity contribution in [2.45, 2.75) is 18.9 Å². The Bertz CT molecular complexity index is 494. The van der Waals surface area contributed by atoms with Crippen LogP contribution in [0.4, 0.5) is 0 Å². The molecule has 1 saturated carbocycles. The molecule has 17 heavy (non-hydrogen) atoms. The average Bonchev–Trinajstić information content (AvgIpc) is 3.13. The van der Waals surface area contributed by atoms with Crippen LogP contribution in [0.2, 0.25) is 0 Å². The van der Waals surface area contributed by atoms with Crippen molar-refractivity contribution in [3.63, 3.8) is 0 Å². The zero-order valence-corrected chi connectivity index (χ0v) is 12.7. The van der Waals surface area contributed by atoms with E-state index in [4.69, 9.17) is 5.26 Å². The van der Waals surface area contributed by atoms with Gasteiger partial charge in [-0.3, -0.25) is 4.79 Å². The molecule has 0 aliphatic heterocycles. The van der Waals surface area contributed by atoms with Crippen LogP contribution in [-0.2, 0) is 0 Å². The van der Waals surface area contributed by atoms with Gasteiger partial charge in [-0.25, -0.2) is 0 Å². The Kier molecular flexibility index (Phi) is 4.05. The number of nitrogens with zero attached hydrogens (tertiary/aromatic N) is 1. The van der Waals surface area contributed by atoms with Gasteiger partial charge in [-0.05, 0) is 59.5 Å². The van der Waals surface area contributed by atoms with E-state index in [2.05, 4.69) is 49.9 Å². The maximum absolute atomic E-state index is 12.0. The van der Waals surface area contributed by atoms with Crippen molar-refractivity contribution in [1.29, 1.82) is 5.26 Å². The van der Waals surface area contributed by atoms with Crippen molar-refractivity contribution in [2.75, 3.05) is 0 Å². The second kappa shape index (κ2) is 5.36. The summed E-state index contributed by atoms with van der Waals surface area (Å²) in [5.41, 5.74) is 0.612. The molecule has 1 unspecified atom stereocenters. The third kappa shape index (κ3) is 3.19.